The lowest BCUT2D eigenvalue weighted by molar-refractivity contribution is -0.132. The number of carbonyl (C=O) groups is 2. The highest BCUT2D eigenvalue weighted by molar-refractivity contribution is 5.88. The first-order valence-corrected chi connectivity index (χ1v) is 10.2. The largest absolute Gasteiger partial charge is 0.478 e. The summed E-state index contributed by atoms with van der Waals surface area (Å²) in [5.41, 5.74) is 7.28. The van der Waals surface area contributed by atoms with Crippen LogP contribution in [0.25, 0.3) is 45.7 Å². The van der Waals surface area contributed by atoms with E-state index < -0.39 is 11.9 Å². The van der Waals surface area contributed by atoms with Crippen molar-refractivity contribution in [2.45, 2.75) is 6.92 Å². The first-order chi connectivity index (χ1) is 15.9. The normalized spacial score (nSPS) is 11.4. The van der Waals surface area contributed by atoms with Crippen molar-refractivity contribution in [3.05, 3.63) is 95.6 Å². The lowest BCUT2D eigenvalue weighted by atomic mass is 10.0. The zero-order chi connectivity index (χ0) is 23.4. The minimum atomic E-state index is -1.00. The summed E-state index contributed by atoms with van der Waals surface area (Å²) in [6.07, 6.45) is 5.26. The number of hydrogen-bond acceptors (Lipinski definition) is 4. The van der Waals surface area contributed by atoms with Gasteiger partial charge in [-0.05, 0) is 47.9 Å². The molecule has 0 aliphatic carbocycles. The first-order valence-electron chi connectivity index (χ1n) is 10.2. The Bertz CT molecular complexity index is 1400. The van der Waals surface area contributed by atoms with Crippen molar-refractivity contribution < 1.29 is 19.8 Å². The number of carboxylic acid groups (broad SMARTS) is 2. The van der Waals surface area contributed by atoms with Gasteiger partial charge in [0.25, 0.3) is 0 Å². The van der Waals surface area contributed by atoms with Gasteiger partial charge in [-0.1, -0.05) is 54.6 Å². The molecule has 6 nitrogen and oxygen atoms in total. The molecule has 6 heteroatoms. The molecule has 0 radical (unpaired) electrons. The number of nitrogens with zero attached hydrogens (tertiary/aromatic N) is 2. The Morgan fingerprint density at radius 1 is 0.667 bits per heavy atom. The summed E-state index contributed by atoms with van der Waals surface area (Å²) in [5.74, 6) is -2.00. The Balaban J connectivity index is 1.81. The fraction of sp³-hybridized carbons (Fsp3) is 0.0370. The number of rotatable bonds is 6. The van der Waals surface area contributed by atoms with Gasteiger partial charge in [-0.3, -0.25) is 0 Å². The fourth-order valence-electron chi connectivity index (χ4n) is 3.41. The number of carboxylic acids is 2. The molecule has 162 valence electrons. The van der Waals surface area contributed by atoms with Crippen molar-refractivity contribution in [3.63, 3.8) is 0 Å². The van der Waals surface area contributed by atoms with E-state index in [4.69, 9.17) is 20.2 Å². The second kappa shape index (κ2) is 9.28. The fourth-order valence-corrected chi connectivity index (χ4v) is 3.41. The van der Waals surface area contributed by atoms with E-state index >= 15 is 0 Å². The molecule has 0 fully saturated rings. The summed E-state index contributed by atoms with van der Waals surface area (Å²) in [5, 5.41) is 17.7. The average Bonchev–Trinajstić information content (AvgIpc) is 2.81. The SMILES string of the molecule is Cc1ccc2nc(-c3ccc(/C=C/C(=O)O)cc3)c(-c3ccc(/C=C/C(=O)O)cc3)nc2c1. The van der Waals surface area contributed by atoms with Crippen LogP contribution in [0.1, 0.15) is 16.7 Å². The quantitative estimate of drug-likeness (QED) is 0.389. The first kappa shape index (κ1) is 21.6. The molecule has 4 aromatic rings. The number of aryl methyl sites for hydroxylation is 1. The minimum absolute atomic E-state index is 0.703. The number of hydrogen-bond donors (Lipinski definition) is 2. The molecule has 0 atom stereocenters. The third-order valence-electron chi connectivity index (χ3n) is 5.02. The van der Waals surface area contributed by atoms with Crippen LogP contribution in [0.3, 0.4) is 0 Å². The van der Waals surface area contributed by atoms with Crippen LogP contribution >= 0.6 is 0 Å². The predicted molar refractivity (Wildman–Crippen MR) is 128 cm³/mol. The molecular weight excluding hydrogens is 416 g/mol. The van der Waals surface area contributed by atoms with Crippen molar-refractivity contribution in [2.75, 3.05) is 0 Å². The van der Waals surface area contributed by atoms with Crippen LogP contribution in [-0.2, 0) is 9.59 Å². The standard InChI is InChI=1S/C27H20N2O4/c1-17-2-13-22-23(16-17)29-27(21-11-5-19(6-12-21)8-15-25(32)33)26(28-22)20-9-3-18(4-10-20)7-14-24(30)31/h2-16H,1H3,(H,30,31)(H,32,33)/b14-7+,15-8+. The van der Waals surface area contributed by atoms with E-state index in [2.05, 4.69) is 0 Å². The topological polar surface area (TPSA) is 100 Å². The van der Waals surface area contributed by atoms with Crippen LogP contribution in [0, 0.1) is 6.92 Å². The Hall–Kier alpha value is -4.58. The zero-order valence-electron chi connectivity index (χ0n) is 17.8. The second-order valence-electron chi connectivity index (χ2n) is 7.50. The smallest absolute Gasteiger partial charge is 0.328 e. The summed E-state index contributed by atoms with van der Waals surface area (Å²) < 4.78 is 0. The van der Waals surface area contributed by atoms with Crippen molar-refractivity contribution in [2.24, 2.45) is 0 Å². The van der Waals surface area contributed by atoms with Crippen molar-refractivity contribution in [1.29, 1.82) is 0 Å². The van der Waals surface area contributed by atoms with E-state index in [-0.39, 0.29) is 0 Å². The van der Waals surface area contributed by atoms with E-state index in [9.17, 15) is 9.59 Å². The maximum Gasteiger partial charge on any atom is 0.328 e. The van der Waals surface area contributed by atoms with E-state index in [1.165, 1.54) is 12.2 Å². The summed E-state index contributed by atoms with van der Waals surface area (Å²) in [6.45, 7) is 2.00. The van der Waals surface area contributed by atoms with E-state index in [1.54, 1.807) is 0 Å². The molecule has 1 aromatic heterocycles. The van der Waals surface area contributed by atoms with Gasteiger partial charge in [-0.2, -0.15) is 0 Å². The summed E-state index contributed by atoms with van der Waals surface area (Å²) in [4.78, 5) is 31.3. The minimum Gasteiger partial charge on any atom is -0.478 e. The van der Waals surface area contributed by atoms with Gasteiger partial charge >= 0.3 is 11.9 Å². The van der Waals surface area contributed by atoms with Crippen LogP contribution in [0.4, 0.5) is 0 Å². The molecular formula is C27H20N2O4. The monoisotopic (exact) mass is 436 g/mol. The van der Waals surface area contributed by atoms with Crippen LogP contribution in [0.2, 0.25) is 0 Å². The summed E-state index contributed by atoms with van der Waals surface area (Å²) >= 11 is 0. The van der Waals surface area contributed by atoms with Crippen molar-refractivity contribution >= 4 is 35.1 Å². The maximum absolute atomic E-state index is 10.8. The predicted octanol–water partition coefficient (Wildman–Crippen LogP) is 5.47. The van der Waals surface area contributed by atoms with E-state index in [1.807, 2.05) is 73.7 Å². The van der Waals surface area contributed by atoms with Crippen molar-refractivity contribution in [1.82, 2.24) is 9.97 Å². The Morgan fingerprint density at radius 2 is 1.12 bits per heavy atom. The molecule has 2 N–H and O–H groups in total. The van der Waals surface area contributed by atoms with Crippen LogP contribution in [0.15, 0.2) is 78.9 Å². The molecule has 0 bridgehead atoms. The number of benzene rings is 3. The van der Waals surface area contributed by atoms with Crippen LogP contribution in [-0.4, -0.2) is 32.1 Å². The molecule has 0 saturated carbocycles. The molecule has 3 aromatic carbocycles. The average molecular weight is 436 g/mol. The van der Waals surface area contributed by atoms with Crippen LogP contribution < -0.4 is 0 Å². The number of aliphatic carboxylic acids is 2. The molecule has 4 rings (SSSR count). The van der Waals surface area contributed by atoms with Crippen LogP contribution in [0.5, 0.6) is 0 Å². The molecule has 0 spiro atoms. The molecule has 0 amide bonds. The molecule has 1 heterocycles. The molecule has 0 saturated heterocycles. The maximum atomic E-state index is 10.8. The van der Waals surface area contributed by atoms with Gasteiger partial charge in [0.15, 0.2) is 0 Å². The highest BCUT2D eigenvalue weighted by Crippen LogP contribution is 2.32. The van der Waals surface area contributed by atoms with Gasteiger partial charge in [0, 0.05) is 23.3 Å². The van der Waals surface area contributed by atoms with Gasteiger partial charge in [0.1, 0.15) is 0 Å². The lowest BCUT2D eigenvalue weighted by Gasteiger charge is -2.11. The zero-order valence-corrected chi connectivity index (χ0v) is 17.8. The third kappa shape index (κ3) is 5.19. The van der Waals surface area contributed by atoms with Gasteiger partial charge in [0.2, 0.25) is 0 Å². The van der Waals surface area contributed by atoms with Gasteiger partial charge < -0.3 is 10.2 Å². The molecule has 33 heavy (non-hydrogen) atoms. The van der Waals surface area contributed by atoms with E-state index in [0.717, 1.165) is 51.0 Å². The summed E-state index contributed by atoms with van der Waals surface area (Å²) in [6, 6.07) is 20.8. The number of fused-ring (bicyclic) bond motifs is 1. The Labute approximate surface area is 190 Å². The van der Waals surface area contributed by atoms with E-state index in [0.29, 0.717) is 11.4 Å². The van der Waals surface area contributed by atoms with Gasteiger partial charge in [-0.15, -0.1) is 0 Å². The second-order valence-corrected chi connectivity index (χ2v) is 7.50. The van der Waals surface area contributed by atoms with Crippen molar-refractivity contribution in [3.8, 4) is 22.5 Å². The number of aromatic nitrogens is 2. The Kier molecular flexibility index (Phi) is 6.09. The molecule has 0 aliphatic heterocycles. The molecule has 0 unspecified atom stereocenters. The highest BCUT2D eigenvalue weighted by Gasteiger charge is 2.13. The molecule has 0 aliphatic rings. The summed E-state index contributed by atoms with van der Waals surface area (Å²) in [7, 11) is 0. The third-order valence-corrected chi connectivity index (χ3v) is 5.02. The van der Waals surface area contributed by atoms with Gasteiger partial charge in [-0.25, -0.2) is 19.6 Å². The van der Waals surface area contributed by atoms with Gasteiger partial charge in [0.05, 0.1) is 22.4 Å². The lowest BCUT2D eigenvalue weighted by Crippen LogP contribution is -1.96. The highest BCUT2D eigenvalue weighted by atomic mass is 16.4. The Morgan fingerprint density at radius 3 is 1.58 bits per heavy atom.